The Morgan fingerprint density at radius 2 is 2.08 bits per heavy atom. The lowest BCUT2D eigenvalue weighted by Gasteiger charge is -2.25. The maximum absolute atomic E-state index is 11.6. The van der Waals surface area contributed by atoms with Gasteiger partial charge in [-0.25, -0.2) is 0 Å². The van der Waals surface area contributed by atoms with Gasteiger partial charge in [0.2, 0.25) is 0 Å². The zero-order valence-electron chi connectivity index (χ0n) is 15.3. The molecule has 0 radical (unpaired) electrons. The number of nitrogens with zero attached hydrogens (tertiary/aromatic N) is 2. The van der Waals surface area contributed by atoms with Crippen molar-refractivity contribution in [1.29, 1.82) is 0 Å². The van der Waals surface area contributed by atoms with E-state index in [4.69, 9.17) is 4.74 Å². The van der Waals surface area contributed by atoms with Gasteiger partial charge in [-0.1, -0.05) is 11.8 Å². The number of likely N-dealkylation sites (tertiary alicyclic amines) is 1. The fourth-order valence-corrected chi connectivity index (χ4v) is 4.11. The second-order valence-corrected chi connectivity index (χ2v) is 7.39. The minimum absolute atomic E-state index is 0.0516. The number of rotatable bonds is 3. The van der Waals surface area contributed by atoms with Gasteiger partial charge in [0.1, 0.15) is 0 Å². The maximum Gasteiger partial charge on any atom is 0.308 e. The summed E-state index contributed by atoms with van der Waals surface area (Å²) in [4.78, 5) is 18.4. The van der Waals surface area contributed by atoms with Crippen molar-refractivity contribution in [2.75, 3.05) is 20.7 Å². The lowest BCUT2D eigenvalue weighted by Crippen LogP contribution is -2.22. The van der Waals surface area contributed by atoms with Crippen LogP contribution in [0, 0.1) is 23.7 Å². The van der Waals surface area contributed by atoms with Gasteiger partial charge in [0.15, 0.2) is 0 Å². The van der Waals surface area contributed by atoms with Crippen molar-refractivity contribution in [3.05, 3.63) is 29.6 Å². The number of methoxy groups -OCH3 is 1. The first-order chi connectivity index (χ1) is 12.2. The molecule has 1 saturated carbocycles. The normalized spacial score (nSPS) is 26.7. The van der Waals surface area contributed by atoms with Gasteiger partial charge >= 0.3 is 5.97 Å². The molecule has 0 bridgehead atoms. The zero-order chi connectivity index (χ0) is 17.6. The van der Waals surface area contributed by atoms with Crippen LogP contribution in [-0.4, -0.2) is 36.6 Å². The predicted octanol–water partition coefficient (Wildman–Crippen LogP) is 3.57. The van der Waals surface area contributed by atoms with Crippen molar-refractivity contribution in [3.63, 3.8) is 0 Å². The summed E-state index contributed by atoms with van der Waals surface area (Å²) in [5.74, 6) is 7.28. The van der Waals surface area contributed by atoms with Crippen LogP contribution in [0.5, 0.6) is 0 Å². The van der Waals surface area contributed by atoms with Crippen molar-refractivity contribution >= 4 is 5.97 Å². The van der Waals surface area contributed by atoms with Gasteiger partial charge < -0.3 is 4.74 Å². The second-order valence-electron chi connectivity index (χ2n) is 7.39. The van der Waals surface area contributed by atoms with E-state index in [1.165, 1.54) is 25.5 Å². The molecule has 4 nitrogen and oxygen atoms in total. The average Bonchev–Trinajstić information content (AvgIpc) is 3.08. The summed E-state index contributed by atoms with van der Waals surface area (Å²) in [6, 6.07) is 2.68. The molecule has 0 amide bonds. The van der Waals surface area contributed by atoms with Crippen LogP contribution < -0.4 is 0 Å². The molecule has 134 valence electrons. The molecular weight excluding hydrogens is 312 g/mol. The molecule has 0 aromatic carbocycles. The summed E-state index contributed by atoms with van der Waals surface area (Å²) >= 11 is 0. The lowest BCUT2D eigenvalue weighted by molar-refractivity contribution is -0.146. The third kappa shape index (κ3) is 4.61. The summed E-state index contributed by atoms with van der Waals surface area (Å²) in [7, 11) is 3.66. The van der Waals surface area contributed by atoms with Gasteiger partial charge in [-0.05, 0) is 69.7 Å². The third-order valence-electron chi connectivity index (χ3n) is 5.67. The van der Waals surface area contributed by atoms with Crippen LogP contribution in [0.4, 0.5) is 0 Å². The maximum atomic E-state index is 11.6. The Bertz CT molecular complexity index is 653. The SMILES string of the molecule is COC(=O)[C@H]1CC[C@H](CC#Cc2cncc(C3CCCN3C)c2)CC1. The molecule has 1 aliphatic heterocycles. The Hall–Kier alpha value is -1.86. The molecule has 3 rings (SSSR count). The molecule has 1 aromatic rings. The molecule has 1 aliphatic carbocycles. The van der Waals surface area contributed by atoms with Crippen LogP contribution in [0.25, 0.3) is 0 Å². The van der Waals surface area contributed by atoms with E-state index in [1.807, 2.05) is 12.4 Å². The van der Waals surface area contributed by atoms with Gasteiger partial charge in [-0.15, -0.1) is 0 Å². The average molecular weight is 340 g/mol. The van der Waals surface area contributed by atoms with E-state index in [0.717, 1.165) is 44.2 Å². The van der Waals surface area contributed by atoms with Gasteiger partial charge in [-0.2, -0.15) is 0 Å². The number of pyridine rings is 1. The molecule has 2 heterocycles. The summed E-state index contributed by atoms with van der Waals surface area (Å²) in [6.45, 7) is 1.16. The Balaban J connectivity index is 1.53. The summed E-state index contributed by atoms with van der Waals surface area (Å²) in [5.41, 5.74) is 2.30. The Morgan fingerprint density at radius 3 is 2.76 bits per heavy atom. The first-order valence-electron chi connectivity index (χ1n) is 9.39. The van der Waals surface area contributed by atoms with Crippen LogP contribution in [0.1, 0.15) is 62.1 Å². The molecule has 1 atom stereocenters. The fraction of sp³-hybridized carbons (Fsp3) is 0.619. The van der Waals surface area contributed by atoms with Gasteiger partial charge in [0.05, 0.1) is 13.0 Å². The van der Waals surface area contributed by atoms with E-state index >= 15 is 0 Å². The highest BCUT2D eigenvalue weighted by Gasteiger charge is 2.26. The summed E-state index contributed by atoms with van der Waals surface area (Å²) < 4.78 is 4.85. The van der Waals surface area contributed by atoms with Gasteiger partial charge in [0.25, 0.3) is 0 Å². The quantitative estimate of drug-likeness (QED) is 0.623. The highest BCUT2D eigenvalue weighted by molar-refractivity contribution is 5.72. The number of hydrogen-bond donors (Lipinski definition) is 0. The second kappa shape index (κ2) is 8.49. The van der Waals surface area contributed by atoms with E-state index < -0.39 is 0 Å². The highest BCUT2D eigenvalue weighted by Crippen LogP contribution is 2.31. The lowest BCUT2D eigenvalue weighted by atomic mass is 9.80. The molecule has 2 aliphatic rings. The third-order valence-corrected chi connectivity index (χ3v) is 5.67. The van der Waals surface area contributed by atoms with Crippen LogP contribution in [-0.2, 0) is 9.53 Å². The minimum Gasteiger partial charge on any atom is -0.469 e. The summed E-state index contributed by atoms with van der Waals surface area (Å²) in [6.07, 6.45) is 11.2. The van der Waals surface area contributed by atoms with Crippen LogP contribution in [0.2, 0.25) is 0 Å². The van der Waals surface area contributed by atoms with E-state index in [-0.39, 0.29) is 11.9 Å². The van der Waals surface area contributed by atoms with Gasteiger partial charge in [0, 0.05) is 30.4 Å². The number of aromatic nitrogens is 1. The largest absolute Gasteiger partial charge is 0.469 e. The van der Waals surface area contributed by atoms with Crippen LogP contribution >= 0.6 is 0 Å². The standard InChI is InChI=1S/C21H28N2O2/c1-23-12-4-7-20(23)19-13-17(14-22-15-19)6-3-5-16-8-10-18(11-9-16)21(24)25-2/h13-16,18,20H,4-5,7-12H2,1-2H3/t16-,18-,20?. The first kappa shape index (κ1) is 17.9. The predicted molar refractivity (Wildman–Crippen MR) is 97.8 cm³/mol. The molecule has 2 fully saturated rings. The highest BCUT2D eigenvalue weighted by atomic mass is 16.5. The Kier molecular flexibility index (Phi) is 6.09. The Morgan fingerprint density at radius 1 is 1.28 bits per heavy atom. The Labute approximate surface area is 151 Å². The topological polar surface area (TPSA) is 42.4 Å². The summed E-state index contributed by atoms with van der Waals surface area (Å²) in [5, 5.41) is 0. The van der Waals surface area contributed by atoms with E-state index in [1.54, 1.807) is 0 Å². The van der Waals surface area contributed by atoms with Crippen molar-refractivity contribution in [1.82, 2.24) is 9.88 Å². The van der Waals surface area contributed by atoms with Crippen LogP contribution in [0.15, 0.2) is 18.5 Å². The van der Waals surface area contributed by atoms with Crippen molar-refractivity contribution < 1.29 is 9.53 Å². The molecule has 25 heavy (non-hydrogen) atoms. The number of ether oxygens (including phenoxy) is 1. The number of esters is 1. The molecule has 0 spiro atoms. The number of carbonyl (C=O) groups is 1. The van der Waals surface area contributed by atoms with Crippen LogP contribution in [0.3, 0.4) is 0 Å². The first-order valence-corrected chi connectivity index (χ1v) is 9.39. The fourth-order valence-electron chi connectivity index (χ4n) is 4.11. The van der Waals surface area contributed by atoms with Gasteiger partial charge in [-0.3, -0.25) is 14.7 Å². The van der Waals surface area contributed by atoms with E-state index in [0.29, 0.717) is 12.0 Å². The molecule has 0 N–H and O–H groups in total. The molecule has 1 saturated heterocycles. The molecular formula is C21H28N2O2. The van der Waals surface area contributed by atoms with E-state index in [2.05, 4.69) is 34.8 Å². The molecule has 4 heteroatoms. The smallest absolute Gasteiger partial charge is 0.308 e. The number of carbonyl (C=O) groups excluding carboxylic acids is 1. The molecule has 1 unspecified atom stereocenters. The number of hydrogen-bond acceptors (Lipinski definition) is 4. The van der Waals surface area contributed by atoms with Crippen molar-refractivity contribution in [2.24, 2.45) is 11.8 Å². The van der Waals surface area contributed by atoms with Crippen molar-refractivity contribution in [3.8, 4) is 11.8 Å². The molecule has 1 aromatic heterocycles. The minimum atomic E-state index is -0.0516. The van der Waals surface area contributed by atoms with E-state index in [9.17, 15) is 4.79 Å². The van der Waals surface area contributed by atoms with Crippen molar-refractivity contribution in [2.45, 2.75) is 51.0 Å². The zero-order valence-corrected chi connectivity index (χ0v) is 15.3. The monoisotopic (exact) mass is 340 g/mol.